The van der Waals surface area contributed by atoms with Gasteiger partial charge in [-0.15, -0.1) is 0 Å². The van der Waals surface area contributed by atoms with E-state index in [0.29, 0.717) is 6.54 Å². The van der Waals surface area contributed by atoms with Gasteiger partial charge in [0.05, 0.1) is 5.41 Å². The highest BCUT2D eigenvalue weighted by molar-refractivity contribution is 5.73. The van der Waals surface area contributed by atoms with Crippen LogP contribution in [0, 0.1) is 5.41 Å². The molecule has 1 heterocycles. The van der Waals surface area contributed by atoms with Crippen LogP contribution in [-0.2, 0) is 4.79 Å². The quantitative estimate of drug-likeness (QED) is 0.658. The van der Waals surface area contributed by atoms with E-state index >= 15 is 0 Å². The average molecular weight is 157 g/mol. The summed E-state index contributed by atoms with van der Waals surface area (Å²) in [7, 11) is 0. The zero-order valence-electron chi connectivity index (χ0n) is 7.13. The zero-order chi connectivity index (χ0) is 8.48. The second-order valence-electron chi connectivity index (χ2n) is 3.82. The van der Waals surface area contributed by atoms with Gasteiger partial charge < -0.3 is 10.0 Å². The van der Waals surface area contributed by atoms with Crippen molar-refractivity contribution >= 4 is 5.97 Å². The molecule has 1 fully saturated rings. The predicted octanol–water partition coefficient (Wildman–Crippen LogP) is 0.803. The van der Waals surface area contributed by atoms with Crippen LogP contribution < -0.4 is 0 Å². The van der Waals surface area contributed by atoms with E-state index in [2.05, 4.69) is 4.90 Å². The molecule has 1 aliphatic rings. The lowest BCUT2D eigenvalue weighted by atomic mass is 9.92. The summed E-state index contributed by atoms with van der Waals surface area (Å²) in [6.07, 6.45) is 1.22. The summed E-state index contributed by atoms with van der Waals surface area (Å²) in [6, 6.07) is 0. The lowest BCUT2D eigenvalue weighted by molar-refractivity contribution is -0.148. The minimum atomic E-state index is -0.704. The van der Waals surface area contributed by atoms with Crippen molar-refractivity contribution in [2.75, 3.05) is 19.6 Å². The third-order valence-corrected chi connectivity index (χ3v) is 2.15. The molecular weight excluding hydrogens is 142 g/mol. The second kappa shape index (κ2) is 2.81. The minimum Gasteiger partial charge on any atom is -0.481 e. The third kappa shape index (κ3) is 1.93. The Balaban J connectivity index is 2.38. The topological polar surface area (TPSA) is 40.5 Å². The van der Waals surface area contributed by atoms with E-state index in [1.54, 1.807) is 13.8 Å². The Labute approximate surface area is 67.0 Å². The molecule has 0 saturated carbocycles. The van der Waals surface area contributed by atoms with Gasteiger partial charge >= 0.3 is 5.97 Å². The predicted molar refractivity (Wildman–Crippen MR) is 42.5 cm³/mol. The molecule has 3 nitrogen and oxygen atoms in total. The van der Waals surface area contributed by atoms with Gasteiger partial charge in [-0.05, 0) is 33.4 Å². The number of carboxylic acids is 1. The molecule has 0 unspecified atom stereocenters. The molecule has 0 aromatic heterocycles. The molecular formula is C8H15NO2. The average Bonchev–Trinajstić information content (AvgIpc) is 1.79. The van der Waals surface area contributed by atoms with Crippen molar-refractivity contribution < 1.29 is 9.90 Å². The van der Waals surface area contributed by atoms with Gasteiger partial charge in [0.1, 0.15) is 0 Å². The lowest BCUT2D eigenvalue weighted by Crippen LogP contribution is -2.45. The Hall–Kier alpha value is -0.570. The van der Waals surface area contributed by atoms with E-state index in [4.69, 9.17) is 5.11 Å². The molecule has 11 heavy (non-hydrogen) atoms. The maximum Gasteiger partial charge on any atom is 0.310 e. The first-order valence-corrected chi connectivity index (χ1v) is 3.98. The summed E-state index contributed by atoms with van der Waals surface area (Å²) < 4.78 is 0. The molecule has 0 atom stereocenters. The van der Waals surface area contributed by atoms with Crippen LogP contribution in [0.1, 0.15) is 20.3 Å². The largest absolute Gasteiger partial charge is 0.481 e. The monoisotopic (exact) mass is 157 g/mol. The van der Waals surface area contributed by atoms with Gasteiger partial charge in [-0.3, -0.25) is 4.79 Å². The van der Waals surface area contributed by atoms with Gasteiger partial charge in [-0.25, -0.2) is 0 Å². The van der Waals surface area contributed by atoms with Crippen molar-refractivity contribution in [3.8, 4) is 0 Å². The fourth-order valence-electron chi connectivity index (χ4n) is 1.17. The van der Waals surface area contributed by atoms with Crippen molar-refractivity contribution in [3.63, 3.8) is 0 Å². The number of carbonyl (C=O) groups is 1. The Bertz CT molecular complexity index is 161. The van der Waals surface area contributed by atoms with Gasteiger partial charge in [-0.2, -0.15) is 0 Å². The van der Waals surface area contributed by atoms with Gasteiger partial charge in [0.25, 0.3) is 0 Å². The molecule has 0 spiro atoms. The van der Waals surface area contributed by atoms with E-state index in [0.717, 1.165) is 13.1 Å². The normalized spacial score (nSPS) is 19.5. The SMILES string of the molecule is CC(C)(CN1CCC1)C(=O)O. The summed E-state index contributed by atoms with van der Waals surface area (Å²) in [5.41, 5.74) is -0.583. The number of nitrogens with zero attached hydrogens (tertiary/aromatic N) is 1. The molecule has 0 aromatic carbocycles. The van der Waals surface area contributed by atoms with E-state index in [1.807, 2.05) is 0 Å². The van der Waals surface area contributed by atoms with Crippen LogP contribution >= 0.6 is 0 Å². The standard InChI is InChI=1S/C8H15NO2/c1-8(2,7(10)11)6-9-4-3-5-9/h3-6H2,1-2H3,(H,10,11). The number of carboxylic acid groups (broad SMARTS) is 1. The van der Waals surface area contributed by atoms with Gasteiger partial charge in [0.2, 0.25) is 0 Å². The van der Waals surface area contributed by atoms with E-state index in [9.17, 15) is 4.79 Å². The fraction of sp³-hybridized carbons (Fsp3) is 0.875. The highest BCUT2D eigenvalue weighted by Gasteiger charge is 2.31. The highest BCUT2D eigenvalue weighted by Crippen LogP contribution is 2.20. The summed E-state index contributed by atoms with van der Waals surface area (Å²) in [4.78, 5) is 12.8. The summed E-state index contributed by atoms with van der Waals surface area (Å²) >= 11 is 0. The maximum atomic E-state index is 10.7. The molecule has 0 aromatic rings. The number of hydrogen-bond donors (Lipinski definition) is 1. The Morgan fingerprint density at radius 3 is 2.36 bits per heavy atom. The number of aliphatic carboxylic acids is 1. The first-order valence-electron chi connectivity index (χ1n) is 3.98. The Morgan fingerprint density at radius 1 is 1.55 bits per heavy atom. The molecule has 0 radical (unpaired) electrons. The molecule has 0 bridgehead atoms. The third-order valence-electron chi connectivity index (χ3n) is 2.15. The maximum absolute atomic E-state index is 10.7. The molecule has 1 aliphatic heterocycles. The molecule has 1 rings (SSSR count). The molecule has 64 valence electrons. The molecule has 1 N–H and O–H groups in total. The molecule has 3 heteroatoms. The van der Waals surface area contributed by atoms with Crippen LogP contribution in [-0.4, -0.2) is 35.6 Å². The van der Waals surface area contributed by atoms with Crippen LogP contribution in [0.4, 0.5) is 0 Å². The van der Waals surface area contributed by atoms with Gasteiger partial charge in [-0.1, -0.05) is 0 Å². The van der Waals surface area contributed by atoms with Crippen LogP contribution in [0.3, 0.4) is 0 Å². The van der Waals surface area contributed by atoms with Crippen LogP contribution in [0.25, 0.3) is 0 Å². The summed E-state index contributed by atoms with van der Waals surface area (Å²) in [5, 5.41) is 8.78. The number of rotatable bonds is 3. The lowest BCUT2D eigenvalue weighted by Gasteiger charge is -2.35. The first kappa shape index (κ1) is 8.53. The number of hydrogen-bond acceptors (Lipinski definition) is 2. The van der Waals surface area contributed by atoms with Crippen molar-refractivity contribution in [3.05, 3.63) is 0 Å². The summed E-state index contributed by atoms with van der Waals surface area (Å²) in [6.45, 7) is 6.36. The van der Waals surface area contributed by atoms with Crippen molar-refractivity contribution in [1.29, 1.82) is 0 Å². The Morgan fingerprint density at radius 2 is 2.09 bits per heavy atom. The summed E-state index contributed by atoms with van der Waals surface area (Å²) in [5.74, 6) is -0.704. The molecule has 1 saturated heterocycles. The highest BCUT2D eigenvalue weighted by atomic mass is 16.4. The van der Waals surface area contributed by atoms with E-state index in [-0.39, 0.29) is 0 Å². The van der Waals surface area contributed by atoms with Crippen LogP contribution in [0.15, 0.2) is 0 Å². The van der Waals surface area contributed by atoms with Crippen molar-refractivity contribution in [2.24, 2.45) is 5.41 Å². The molecule has 0 amide bonds. The fourth-order valence-corrected chi connectivity index (χ4v) is 1.17. The van der Waals surface area contributed by atoms with Gasteiger partial charge in [0.15, 0.2) is 0 Å². The van der Waals surface area contributed by atoms with Crippen LogP contribution in [0.5, 0.6) is 0 Å². The van der Waals surface area contributed by atoms with Crippen molar-refractivity contribution in [2.45, 2.75) is 20.3 Å². The van der Waals surface area contributed by atoms with E-state index < -0.39 is 11.4 Å². The Kier molecular flexibility index (Phi) is 2.18. The second-order valence-corrected chi connectivity index (χ2v) is 3.82. The van der Waals surface area contributed by atoms with Crippen LogP contribution in [0.2, 0.25) is 0 Å². The van der Waals surface area contributed by atoms with Crippen molar-refractivity contribution in [1.82, 2.24) is 4.90 Å². The van der Waals surface area contributed by atoms with E-state index in [1.165, 1.54) is 6.42 Å². The minimum absolute atomic E-state index is 0.583. The molecule has 0 aliphatic carbocycles. The number of likely N-dealkylation sites (tertiary alicyclic amines) is 1. The zero-order valence-corrected chi connectivity index (χ0v) is 7.13. The smallest absolute Gasteiger partial charge is 0.310 e. The van der Waals surface area contributed by atoms with Gasteiger partial charge in [0, 0.05) is 6.54 Å². The first-order chi connectivity index (χ1) is 5.02.